The first-order chi connectivity index (χ1) is 8.04. The average molecular weight is 236 g/mol. The molecule has 0 fully saturated rings. The van der Waals surface area contributed by atoms with Gasteiger partial charge in [-0.1, -0.05) is 12.1 Å². The molecule has 90 valence electrons. The highest BCUT2D eigenvalue weighted by Gasteiger charge is 2.11. The van der Waals surface area contributed by atoms with Crippen LogP contribution in [0.15, 0.2) is 24.3 Å². The lowest BCUT2D eigenvalue weighted by Gasteiger charge is -2.03. The molecular weight excluding hydrogens is 224 g/mol. The molecule has 0 unspecified atom stereocenters. The zero-order valence-electron chi connectivity index (χ0n) is 9.56. The summed E-state index contributed by atoms with van der Waals surface area (Å²) in [7, 11) is 1.26. The first-order valence-electron chi connectivity index (χ1n) is 4.89. The molecule has 0 N–H and O–H groups in total. The number of hydrogen-bond donors (Lipinski definition) is 0. The van der Waals surface area contributed by atoms with Gasteiger partial charge in [-0.25, -0.2) is 4.79 Å². The molecule has 0 spiro atoms. The van der Waals surface area contributed by atoms with E-state index in [4.69, 9.17) is 0 Å². The van der Waals surface area contributed by atoms with Crippen molar-refractivity contribution in [3.8, 4) is 0 Å². The zero-order valence-corrected chi connectivity index (χ0v) is 9.56. The quantitative estimate of drug-likeness (QED) is 0.580. The molecule has 1 aromatic rings. The fourth-order valence-electron chi connectivity index (χ4n) is 1.19. The molecular formula is C12H12O5. The second-order valence-electron chi connectivity index (χ2n) is 3.28. The molecule has 0 saturated heterocycles. The van der Waals surface area contributed by atoms with Gasteiger partial charge in [-0.2, -0.15) is 0 Å². The summed E-state index contributed by atoms with van der Waals surface area (Å²) in [6.45, 7) is 0.887. The molecule has 0 aliphatic rings. The van der Waals surface area contributed by atoms with Gasteiger partial charge in [0.1, 0.15) is 0 Å². The fourth-order valence-corrected chi connectivity index (χ4v) is 1.19. The molecule has 0 heterocycles. The first kappa shape index (κ1) is 12.9. The minimum atomic E-state index is -0.525. The molecule has 1 rings (SSSR count). The van der Waals surface area contributed by atoms with E-state index in [1.807, 2.05) is 0 Å². The van der Waals surface area contributed by atoms with E-state index in [-0.39, 0.29) is 18.0 Å². The number of rotatable bonds is 4. The van der Waals surface area contributed by atoms with Crippen LogP contribution in [0.2, 0.25) is 0 Å². The summed E-state index contributed by atoms with van der Waals surface area (Å²) in [6.07, 6.45) is 0. The average Bonchev–Trinajstić information content (AvgIpc) is 2.35. The highest BCUT2D eigenvalue weighted by atomic mass is 16.5. The highest BCUT2D eigenvalue weighted by molar-refractivity contribution is 6.00. The van der Waals surface area contributed by atoms with Gasteiger partial charge < -0.3 is 9.47 Å². The molecule has 1 aromatic carbocycles. The Bertz CT molecular complexity index is 450. The van der Waals surface area contributed by atoms with E-state index < -0.39 is 11.9 Å². The third-order valence-electron chi connectivity index (χ3n) is 2.01. The summed E-state index contributed by atoms with van der Waals surface area (Å²) >= 11 is 0. The SMILES string of the molecule is COC(=O)c1cccc(C(=O)COC(C)=O)c1. The lowest BCUT2D eigenvalue weighted by molar-refractivity contribution is -0.139. The highest BCUT2D eigenvalue weighted by Crippen LogP contribution is 2.07. The van der Waals surface area contributed by atoms with Gasteiger partial charge in [0, 0.05) is 12.5 Å². The molecule has 0 amide bonds. The van der Waals surface area contributed by atoms with Gasteiger partial charge in [0.15, 0.2) is 12.4 Å². The Morgan fingerprint density at radius 1 is 1.18 bits per heavy atom. The van der Waals surface area contributed by atoms with Gasteiger partial charge >= 0.3 is 11.9 Å². The molecule has 0 saturated carbocycles. The van der Waals surface area contributed by atoms with Crippen molar-refractivity contribution in [2.45, 2.75) is 6.92 Å². The van der Waals surface area contributed by atoms with Gasteiger partial charge in [0.05, 0.1) is 12.7 Å². The van der Waals surface area contributed by atoms with E-state index in [9.17, 15) is 14.4 Å². The van der Waals surface area contributed by atoms with Gasteiger partial charge in [0.25, 0.3) is 0 Å². The summed E-state index contributed by atoms with van der Waals surface area (Å²) in [4.78, 5) is 33.4. The van der Waals surface area contributed by atoms with Crippen molar-refractivity contribution in [3.63, 3.8) is 0 Å². The van der Waals surface area contributed by atoms with Crippen molar-refractivity contribution in [2.75, 3.05) is 13.7 Å². The summed E-state index contributed by atoms with van der Waals surface area (Å²) < 4.78 is 9.11. The normalized spacial score (nSPS) is 9.53. The van der Waals surface area contributed by atoms with Gasteiger partial charge in [-0.15, -0.1) is 0 Å². The smallest absolute Gasteiger partial charge is 0.337 e. The van der Waals surface area contributed by atoms with E-state index in [0.29, 0.717) is 5.56 Å². The van der Waals surface area contributed by atoms with E-state index in [2.05, 4.69) is 9.47 Å². The second-order valence-corrected chi connectivity index (χ2v) is 3.28. The zero-order chi connectivity index (χ0) is 12.8. The van der Waals surface area contributed by atoms with E-state index >= 15 is 0 Å². The van der Waals surface area contributed by atoms with Crippen LogP contribution in [-0.4, -0.2) is 31.4 Å². The Hall–Kier alpha value is -2.17. The largest absolute Gasteiger partial charge is 0.465 e. The predicted molar refractivity (Wildman–Crippen MR) is 58.7 cm³/mol. The molecule has 5 heteroatoms. The number of ketones is 1. The number of hydrogen-bond acceptors (Lipinski definition) is 5. The maximum Gasteiger partial charge on any atom is 0.337 e. The van der Waals surface area contributed by atoms with Crippen LogP contribution in [0.25, 0.3) is 0 Å². The van der Waals surface area contributed by atoms with Crippen molar-refractivity contribution in [1.82, 2.24) is 0 Å². The summed E-state index contributed by atoms with van der Waals surface area (Å²) in [5, 5.41) is 0. The topological polar surface area (TPSA) is 69.7 Å². The third kappa shape index (κ3) is 3.71. The van der Waals surface area contributed by atoms with Crippen molar-refractivity contribution in [2.24, 2.45) is 0 Å². The minimum Gasteiger partial charge on any atom is -0.465 e. The van der Waals surface area contributed by atoms with Crippen LogP contribution < -0.4 is 0 Å². The summed E-state index contributed by atoms with van der Waals surface area (Å²) in [5.74, 6) is -1.42. The first-order valence-corrected chi connectivity index (χ1v) is 4.89. The van der Waals surface area contributed by atoms with Crippen LogP contribution in [-0.2, 0) is 14.3 Å². The van der Waals surface area contributed by atoms with E-state index in [1.54, 1.807) is 6.07 Å². The monoisotopic (exact) mass is 236 g/mol. The van der Waals surface area contributed by atoms with Crippen molar-refractivity contribution in [1.29, 1.82) is 0 Å². The van der Waals surface area contributed by atoms with Crippen LogP contribution in [0.4, 0.5) is 0 Å². The Morgan fingerprint density at radius 2 is 1.82 bits per heavy atom. The molecule has 0 aliphatic carbocycles. The molecule has 0 aliphatic heterocycles. The number of ether oxygens (including phenoxy) is 2. The summed E-state index contributed by atoms with van der Waals surface area (Å²) in [6, 6.07) is 6.04. The predicted octanol–water partition coefficient (Wildman–Crippen LogP) is 1.22. The van der Waals surface area contributed by atoms with Gasteiger partial charge in [0.2, 0.25) is 0 Å². The maximum atomic E-state index is 11.6. The lowest BCUT2D eigenvalue weighted by Crippen LogP contribution is -2.12. The molecule has 0 bridgehead atoms. The number of esters is 2. The van der Waals surface area contributed by atoms with Crippen molar-refractivity contribution < 1.29 is 23.9 Å². The fraction of sp³-hybridized carbons (Fsp3) is 0.250. The Balaban J connectivity index is 2.80. The van der Waals surface area contributed by atoms with Gasteiger partial charge in [-0.05, 0) is 12.1 Å². The van der Waals surface area contributed by atoms with Crippen molar-refractivity contribution >= 4 is 17.7 Å². The Kier molecular flexibility index (Phi) is 4.39. The van der Waals surface area contributed by atoms with E-state index in [1.165, 1.54) is 32.2 Å². The number of carbonyl (C=O) groups is 3. The molecule has 0 radical (unpaired) electrons. The van der Waals surface area contributed by atoms with Crippen LogP contribution in [0.5, 0.6) is 0 Å². The van der Waals surface area contributed by atoms with Crippen LogP contribution in [0.3, 0.4) is 0 Å². The maximum absolute atomic E-state index is 11.6. The van der Waals surface area contributed by atoms with E-state index in [0.717, 1.165) is 0 Å². The van der Waals surface area contributed by atoms with Gasteiger partial charge in [-0.3, -0.25) is 9.59 Å². The number of Topliss-reactive ketones (excluding diaryl/α,β-unsaturated/α-hetero) is 1. The standard InChI is InChI=1S/C12H12O5/c1-8(13)17-7-11(14)9-4-3-5-10(6-9)12(15)16-2/h3-6H,7H2,1-2H3. The van der Waals surface area contributed by atoms with Crippen molar-refractivity contribution in [3.05, 3.63) is 35.4 Å². The third-order valence-corrected chi connectivity index (χ3v) is 2.01. The van der Waals surface area contributed by atoms with Crippen LogP contribution in [0.1, 0.15) is 27.6 Å². The minimum absolute atomic E-state index is 0.279. The molecule has 0 aromatic heterocycles. The summed E-state index contributed by atoms with van der Waals surface area (Å²) in [5.41, 5.74) is 0.579. The molecule has 5 nitrogen and oxygen atoms in total. The Labute approximate surface area is 98.3 Å². The Morgan fingerprint density at radius 3 is 2.41 bits per heavy atom. The number of benzene rings is 1. The molecule has 17 heavy (non-hydrogen) atoms. The van der Waals surface area contributed by atoms with Crippen LogP contribution >= 0.6 is 0 Å². The number of methoxy groups -OCH3 is 1. The number of carbonyl (C=O) groups excluding carboxylic acids is 3. The second kappa shape index (κ2) is 5.79. The molecule has 0 atom stereocenters. The van der Waals surface area contributed by atoms with Crippen LogP contribution in [0, 0.1) is 0 Å². The lowest BCUT2D eigenvalue weighted by atomic mass is 10.1.